The van der Waals surface area contributed by atoms with Gasteiger partial charge in [0.05, 0.1) is 30.3 Å². The van der Waals surface area contributed by atoms with Gasteiger partial charge in [-0.2, -0.15) is 0 Å². The first kappa shape index (κ1) is 16.3. The summed E-state index contributed by atoms with van der Waals surface area (Å²) in [6.07, 6.45) is 12.6. The molecule has 138 valence electrons. The lowest BCUT2D eigenvalue weighted by molar-refractivity contribution is 0.641. The third-order valence-corrected chi connectivity index (χ3v) is 4.40. The molecular formula is C18H16N10. The lowest BCUT2D eigenvalue weighted by Crippen LogP contribution is -2.00. The monoisotopic (exact) mass is 372 g/mol. The second kappa shape index (κ2) is 6.67. The smallest absolute Gasteiger partial charge is 0.137 e. The lowest BCUT2D eigenvalue weighted by atomic mass is 10.2. The molecule has 0 spiro atoms. The summed E-state index contributed by atoms with van der Waals surface area (Å²) in [5.74, 6) is 0. The van der Waals surface area contributed by atoms with Gasteiger partial charge in [-0.15, -0.1) is 15.3 Å². The maximum atomic E-state index is 5.70. The quantitative estimate of drug-likeness (QED) is 0.490. The number of hydrogen-bond acceptors (Lipinski definition) is 7. The molecule has 5 aromatic heterocycles. The molecule has 5 aromatic rings. The van der Waals surface area contributed by atoms with Gasteiger partial charge in [0.15, 0.2) is 0 Å². The Morgan fingerprint density at radius 3 is 2.75 bits per heavy atom. The van der Waals surface area contributed by atoms with Crippen molar-refractivity contribution in [3.05, 3.63) is 73.1 Å². The number of nitrogens with two attached hydrogens (primary N) is 1. The van der Waals surface area contributed by atoms with Gasteiger partial charge in [0.1, 0.15) is 24.0 Å². The molecule has 2 N–H and O–H groups in total. The minimum Gasteiger partial charge on any atom is -0.326 e. The van der Waals surface area contributed by atoms with E-state index in [1.807, 2.05) is 41.2 Å². The van der Waals surface area contributed by atoms with Crippen LogP contribution in [0.4, 0.5) is 0 Å². The van der Waals surface area contributed by atoms with E-state index >= 15 is 0 Å². The van der Waals surface area contributed by atoms with Gasteiger partial charge in [-0.1, -0.05) is 11.3 Å². The summed E-state index contributed by atoms with van der Waals surface area (Å²) < 4.78 is 5.52. The summed E-state index contributed by atoms with van der Waals surface area (Å²) >= 11 is 0. The minimum absolute atomic E-state index is 0.498. The molecule has 0 saturated heterocycles. The number of imidazole rings is 1. The highest BCUT2D eigenvalue weighted by Gasteiger charge is 2.09. The molecule has 0 unspecified atom stereocenters. The number of pyridine rings is 2. The van der Waals surface area contributed by atoms with Crippen molar-refractivity contribution in [2.75, 3.05) is 0 Å². The van der Waals surface area contributed by atoms with Crippen LogP contribution >= 0.6 is 0 Å². The molecule has 0 aliphatic carbocycles. The highest BCUT2D eigenvalue weighted by molar-refractivity contribution is 5.59. The van der Waals surface area contributed by atoms with E-state index < -0.39 is 0 Å². The zero-order valence-electron chi connectivity index (χ0n) is 14.8. The Bertz CT molecular complexity index is 1230. The minimum atomic E-state index is 0.498. The Labute approximate surface area is 159 Å². The fourth-order valence-corrected chi connectivity index (χ4v) is 3.00. The molecule has 5 heterocycles. The number of fused-ring (bicyclic) bond motifs is 1. The molecule has 0 aliphatic heterocycles. The third kappa shape index (κ3) is 3.01. The van der Waals surface area contributed by atoms with Crippen molar-refractivity contribution < 1.29 is 0 Å². The van der Waals surface area contributed by atoms with Crippen LogP contribution in [0.2, 0.25) is 0 Å². The van der Waals surface area contributed by atoms with Gasteiger partial charge in [0.2, 0.25) is 0 Å². The molecule has 0 amide bonds. The largest absolute Gasteiger partial charge is 0.326 e. The second-order valence-corrected chi connectivity index (χ2v) is 6.34. The van der Waals surface area contributed by atoms with Crippen LogP contribution in [-0.4, -0.2) is 44.1 Å². The van der Waals surface area contributed by atoms with Gasteiger partial charge < -0.3 is 10.1 Å². The van der Waals surface area contributed by atoms with E-state index in [-0.39, 0.29) is 0 Å². The molecule has 0 fully saturated rings. The van der Waals surface area contributed by atoms with E-state index in [9.17, 15) is 0 Å². The molecule has 0 saturated carbocycles. The van der Waals surface area contributed by atoms with Gasteiger partial charge in [-0.25, -0.2) is 9.67 Å². The Balaban J connectivity index is 1.40. The summed E-state index contributed by atoms with van der Waals surface area (Å²) in [5.41, 5.74) is 11.0. The van der Waals surface area contributed by atoms with Gasteiger partial charge in [-0.3, -0.25) is 9.55 Å². The van der Waals surface area contributed by atoms with Crippen LogP contribution in [0.5, 0.6) is 0 Å². The molecular weight excluding hydrogens is 356 g/mol. The average Bonchev–Trinajstić information content (AvgIpc) is 3.48. The van der Waals surface area contributed by atoms with E-state index in [0.29, 0.717) is 13.1 Å². The first-order valence-corrected chi connectivity index (χ1v) is 8.65. The highest BCUT2D eigenvalue weighted by Crippen LogP contribution is 2.18. The number of rotatable bonds is 5. The Hall–Kier alpha value is -3.92. The van der Waals surface area contributed by atoms with Crippen molar-refractivity contribution in [3.8, 4) is 16.9 Å². The van der Waals surface area contributed by atoms with Gasteiger partial charge in [-0.05, 0) is 17.7 Å². The van der Waals surface area contributed by atoms with Crippen molar-refractivity contribution in [2.24, 2.45) is 5.73 Å². The lowest BCUT2D eigenvalue weighted by Gasteiger charge is -2.01. The zero-order chi connectivity index (χ0) is 18.9. The standard InChI is InChI=1S/C18H16N10/c19-4-13-1-2-18-23-15(8-26(18)7-13)9-28-10-17(24-25-28)14-3-16(6-20-5-14)27-11-21-22-12-27/h1-3,5-8,10-12H,4,9,19H2. The third-order valence-electron chi connectivity index (χ3n) is 4.40. The van der Waals surface area contributed by atoms with E-state index in [1.165, 1.54) is 0 Å². The molecule has 10 heteroatoms. The van der Waals surface area contributed by atoms with Gasteiger partial charge >= 0.3 is 0 Å². The molecule has 0 aliphatic rings. The molecule has 0 atom stereocenters. The summed E-state index contributed by atoms with van der Waals surface area (Å²) in [5, 5.41) is 16.1. The molecule has 28 heavy (non-hydrogen) atoms. The molecule has 5 rings (SSSR count). The summed E-state index contributed by atoms with van der Waals surface area (Å²) in [4.78, 5) is 8.89. The maximum absolute atomic E-state index is 5.70. The fourth-order valence-electron chi connectivity index (χ4n) is 3.00. The SMILES string of the molecule is NCc1ccc2nc(Cn3cc(-c4cncc(-n5cnnc5)c4)nn3)cn2c1. The predicted molar refractivity (Wildman–Crippen MR) is 100 cm³/mol. The normalized spacial score (nSPS) is 11.3. The Kier molecular flexibility index (Phi) is 3.87. The average molecular weight is 372 g/mol. The highest BCUT2D eigenvalue weighted by atomic mass is 15.4. The Morgan fingerprint density at radius 1 is 1.00 bits per heavy atom. The molecule has 0 radical (unpaired) electrons. The van der Waals surface area contributed by atoms with Crippen LogP contribution in [-0.2, 0) is 13.1 Å². The number of aromatic nitrogens is 9. The van der Waals surface area contributed by atoms with E-state index in [1.54, 1.807) is 34.3 Å². The zero-order valence-corrected chi connectivity index (χ0v) is 14.8. The maximum Gasteiger partial charge on any atom is 0.137 e. The van der Waals surface area contributed by atoms with Crippen molar-refractivity contribution >= 4 is 5.65 Å². The van der Waals surface area contributed by atoms with Crippen LogP contribution in [0, 0.1) is 0 Å². The van der Waals surface area contributed by atoms with Gasteiger partial charge in [0.25, 0.3) is 0 Å². The van der Waals surface area contributed by atoms with Crippen molar-refractivity contribution in [3.63, 3.8) is 0 Å². The van der Waals surface area contributed by atoms with Crippen LogP contribution in [0.25, 0.3) is 22.6 Å². The first-order chi connectivity index (χ1) is 13.8. The molecule has 0 aromatic carbocycles. The molecule has 10 nitrogen and oxygen atoms in total. The van der Waals surface area contributed by atoms with Crippen LogP contribution in [0.3, 0.4) is 0 Å². The summed E-state index contributed by atoms with van der Waals surface area (Å²) in [7, 11) is 0. The second-order valence-electron chi connectivity index (χ2n) is 6.34. The summed E-state index contributed by atoms with van der Waals surface area (Å²) in [6.45, 7) is 1.02. The van der Waals surface area contributed by atoms with E-state index in [2.05, 4.69) is 30.5 Å². The Morgan fingerprint density at radius 2 is 1.89 bits per heavy atom. The van der Waals surface area contributed by atoms with Crippen LogP contribution < -0.4 is 5.73 Å². The first-order valence-electron chi connectivity index (χ1n) is 8.65. The fraction of sp³-hybridized carbons (Fsp3) is 0.111. The topological polar surface area (TPSA) is 118 Å². The number of nitrogens with zero attached hydrogens (tertiary/aromatic N) is 9. The summed E-state index contributed by atoms with van der Waals surface area (Å²) in [6, 6.07) is 5.90. The van der Waals surface area contributed by atoms with Crippen molar-refractivity contribution in [1.29, 1.82) is 0 Å². The van der Waals surface area contributed by atoms with Gasteiger partial charge in [0, 0.05) is 30.7 Å². The van der Waals surface area contributed by atoms with Crippen molar-refractivity contribution in [1.82, 2.24) is 44.1 Å². The van der Waals surface area contributed by atoms with Crippen LogP contribution in [0.1, 0.15) is 11.3 Å². The predicted octanol–water partition coefficient (Wildman–Crippen LogP) is 1.08. The van der Waals surface area contributed by atoms with Crippen molar-refractivity contribution in [2.45, 2.75) is 13.1 Å². The number of hydrogen-bond donors (Lipinski definition) is 1. The van der Waals surface area contributed by atoms with E-state index in [0.717, 1.165) is 33.8 Å². The molecule has 0 bridgehead atoms. The van der Waals surface area contributed by atoms with Crippen LogP contribution in [0.15, 0.2) is 61.8 Å². The van der Waals surface area contributed by atoms with E-state index in [4.69, 9.17) is 5.73 Å².